The third kappa shape index (κ3) is 2.93. The van der Waals surface area contributed by atoms with Gasteiger partial charge < -0.3 is 10.4 Å². The molecule has 0 fully saturated rings. The van der Waals surface area contributed by atoms with Crippen LogP contribution in [0.1, 0.15) is 21.5 Å². The average molecular weight is 270 g/mol. The second kappa shape index (κ2) is 5.85. The van der Waals surface area contributed by atoms with Gasteiger partial charge in [-0.25, -0.2) is 9.18 Å². The van der Waals surface area contributed by atoms with Crippen molar-refractivity contribution in [3.8, 4) is 6.07 Å². The lowest BCUT2D eigenvalue weighted by Gasteiger charge is -2.09. The molecule has 0 bridgehead atoms. The molecule has 100 valence electrons. The highest BCUT2D eigenvalue weighted by atomic mass is 19.1. The van der Waals surface area contributed by atoms with Gasteiger partial charge in [0, 0.05) is 6.54 Å². The normalized spacial score (nSPS) is 9.80. The summed E-state index contributed by atoms with van der Waals surface area (Å²) in [4.78, 5) is 10.9. The van der Waals surface area contributed by atoms with Crippen molar-refractivity contribution in [1.82, 2.24) is 0 Å². The molecule has 0 aliphatic rings. The van der Waals surface area contributed by atoms with E-state index < -0.39 is 11.8 Å². The zero-order valence-corrected chi connectivity index (χ0v) is 10.4. The van der Waals surface area contributed by atoms with Crippen LogP contribution in [0.3, 0.4) is 0 Å². The van der Waals surface area contributed by atoms with Gasteiger partial charge >= 0.3 is 5.97 Å². The van der Waals surface area contributed by atoms with Crippen LogP contribution in [0.15, 0.2) is 42.5 Å². The SMILES string of the molecule is N#Cc1c(F)cccc1NCc1cccc(C(=O)O)c1. The van der Waals surface area contributed by atoms with Crippen molar-refractivity contribution in [1.29, 1.82) is 5.26 Å². The highest BCUT2D eigenvalue weighted by molar-refractivity contribution is 5.87. The monoisotopic (exact) mass is 270 g/mol. The van der Waals surface area contributed by atoms with Crippen LogP contribution in [0.5, 0.6) is 0 Å². The number of halogens is 1. The van der Waals surface area contributed by atoms with Crippen LogP contribution in [-0.2, 0) is 6.54 Å². The van der Waals surface area contributed by atoms with E-state index >= 15 is 0 Å². The quantitative estimate of drug-likeness (QED) is 0.895. The Hall–Kier alpha value is -2.87. The molecule has 0 unspecified atom stereocenters. The van der Waals surface area contributed by atoms with Gasteiger partial charge in [-0.1, -0.05) is 18.2 Å². The number of nitriles is 1. The number of carbonyl (C=O) groups is 1. The molecule has 2 N–H and O–H groups in total. The number of hydrogen-bond acceptors (Lipinski definition) is 3. The Labute approximate surface area is 115 Å². The van der Waals surface area contributed by atoms with Crippen LogP contribution < -0.4 is 5.32 Å². The van der Waals surface area contributed by atoms with E-state index in [1.807, 2.05) is 0 Å². The third-order valence-corrected chi connectivity index (χ3v) is 2.78. The van der Waals surface area contributed by atoms with Gasteiger partial charge in [0.05, 0.1) is 11.3 Å². The maximum Gasteiger partial charge on any atom is 0.335 e. The summed E-state index contributed by atoms with van der Waals surface area (Å²) in [5, 5.41) is 20.7. The third-order valence-electron chi connectivity index (χ3n) is 2.78. The van der Waals surface area contributed by atoms with E-state index in [1.165, 1.54) is 24.3 Å². The standard InChI is InChI=1S/C15H11FN2O2/c16-13-5-2-6-14(12(13)8-17)18-9-10-3-1-4-11(7-10)15(19)20/h1-7,18H,9H2,(H,19,20). The molecule has 4 nitrogen and oxygen atoms in total. The highest BCUT2D eigenvalue weighted by Crippen LogP contribution is 2.18. The molecule has 0 saturated heterocycles. The Kier molecular flexibility index (Phi) is 3.96. The molecule has 2 aromatic carbocycles. The molecule has 2 aromatic rings. The number of carboxylic acid groups (broad SMARTS) is 1. The molecule has 0 aromatic heterocycles. The molecule has 0 aliphatic heterocycles. The summed E-state index contributed by atoms with van der Waals surface area (Å²) in [5.74, 6) is -1.59. The average Bonchev–Trinajstić information content (AvgIpc) is 2.45. The lowest BCUT2D eigenvalue weighted by Crippen LogP contribution is -2.04. The van der Waals surface area contributed by atoms with Gasteiger partial charge in [-0.15, -0.1) is 0 Å². The van der Waals surface area contributed by atoms with E-state index in [1.54, 1.807) is 24.3 Å². The fourth-order valence-corrected chi connectivity index (χ4v) is 1.80. The number of nitrogens with one attached hydrogen (secondary N) is 1. The predicted molar refractivity (Wildman–Crippen MR) is 71.8 cm³/mol. The number of carboxylic acids is 1. The summed E-state index contributed by atoms with van der Waals surface area (Å²) >= 11 is 0. The van der Waals surface area contributed by atoms with Crippen molar-refractivity contribution in [2.24, 2.45) is 0 Å². The zero-order chi connectivity index (χ0) is 14.5. The Morgan fingerprint density at radius 1 is 1.30 bits per heavy atom. The van der Waals surface area contributed by atoms with Crippen LogP contribution in [0.4, 0.5) is 10.1 Å². The maximum atomic E-state index is 13.4. The number of anilines is 1. The minimum Gasteiger partial charge on any atom is -0.478 e. The summed E-state index contributed by atoms with van der Waals surface area (Å²) in [6.45, 7) is 0.305. The Bertz CT molecular complexity index is 693. The second-order valence-corrected chi connectivity index (χ2v) is 4.13. The molecular weight excluding hydrogens is 259 g/mol. The molecule has 0 atom stereocenters. The largest absolute Gasteiger partial charge is 0.478 e. The summed E-state index contributed by atoms with van der Waals surface area (Å²) in [5.41, 5.74) is 1.25. The Morgan fingerprint density at radius 3 is 2.75 bits per heavy atom. The van der Waals surface area contributed by atoms with Gasteiger partial charge in [0.2, 0.25) is 0 Å². The molecule has 0 aliphatic carbocycles. The topological polar surface area (TPSA) is 73.1 Å². The molecule has 20 heavy (non-hydrogen) atoms. The highest BCUT2D eigenvalue weighted by Gasteiger charge is 2.08. The predicted octanol–water partition coefficient (Wildman–Crippen LogP) is 3.01. The summed E-state index contributed by atoms with van der Waals surface area (Å²) in [7, 11) is 0. The van der Waals surface area contributed by atoms with Crippen LogP contribution in [0, 0.1) is 17.1 Å². The number of rotatable bonds is 4. The van der Waals surface area contributed by atoms with Crippen molar-refractivity contribution in [2.75, 3.05) is 5.32 Å². The van der Waals surface area contributed by atoms with Crippen molar-refractivity contribution < 1.29 is 14.3 Å². The molecule has 0 radical (unpaired) electrons. The van der Waals surface area contributed by atoms with Gasteiger partial charge in [0.1, 0.15) is 17.4 Å². The van der Waals surface area contributed by atoms with E-state index in [0.717, 1.165) is 5.56 Å². The number of aromatic carboxylic acids is 1. The lowest BCUT2D eigenvalue weighted by atomic mass is 10.1. The molecule has 0 amide bonds. The van der Waals surface area contributed by atoms with Crippen molar-refractivity contribution in [3.05, 3.63) is 65.0 Å². The van der Waals surface area contributed by atoms with Gasteiger partial charge in [-0.3, -0.25) is 0 Å². The van der Waals surface area contributed by atoms with Crippen LogP contribution in [-0.4, -0.2) is 11.1 Å². The molecule has 5 heteroatoms. The first-order chi connectivity index (χ1) is 9.61. The maximum absolute atomic E-state index is 13.4. The molecular formula is C15H11FN2O2. The molecule has 0 saturated carbocycles. The summed E-state index contributed by atoms with van der Waals surface area (Å²) in [6, 6.07) is 12.5. The number of hydrogen-bond donors (Lipinski definition) is 2. The van der Waals surface area contributed by atoms with Crippen LogP contribution in [0.25, 0.3) is 0 Å². The molecule has 2 rings (SSSR count). The van der Waals surface area contributed by atoms with Crippen LogP contribution >= 0.6 is 0 Å². The van der Waals surface area contributed by atoms with E-state index in [2.05, 4.69) is 5.32 Å². The summed E-state index contributed by atoms with van der Waals surface area (Å²) in [6.07, 6.45) is 0. The lowest BCUT2D eigenvalue weighted by molar-refractivity contribution is 0.0697. The van der Waals surface area contributed by atoms with Crippen molar-refractivity contribution >= 4 is 11.7 Å². The second-order valence-electron chi connectivity index (χ2n) is 4.13. The van der Waals surface area contributed by atoms with Gasteiger partial charge in [-0.2, -0.15) is 5.26 Å². The molecule has 0 spiro atoms. The van der Waals surface area contributed by atoms with Gasteiger partial charge in [0.15, 0.2) is 0 Å². The van der Waals surface area contributed by atoms with E-state index in [4.69, 9.17) is 10.4 Å². The smallest absolute Gasteiger partial charge is 0.335 e. The fourth-order valence-electron chi connectivity index (χ4n) is 1.80. The minimum atomic E-state index is -1.00. The van der Waals surface area contributed by atoms with Gasteiger partial charge in [0.25, 0.3) is 0 Å². The van der Waals surface area contributed by atoms with E-state index in [-0.39, 0.29) is 11.1 Å². The van der Waals surface area contributed by atoms with E-state index in [9.17, 15) is 9.18 Å². The first kappa shape index (κ1) is 13.6. The number of benzene rings is 2. The number of nitrogens with zero attached hydrogens (tertiary/aromatic N) is 1. The zero-order valence-electron chi connectivity index (χ0n) is 10.4. The van der Waals surface area contributed by atoms with E-state index in [0.29, 0.717) is 12.2 Å². The fraction of sp³-hybridized carbons (Fsp3) is 0.0667. The Balaban J connectivity index is 2.17. The first-order valence-corrected chi connectivity index (χ1v) is 5.86. The minimum absolute atomic E-state index is 0.0538. The summed E-state index contributed by atoms with van der Waals surface area (Å²) < 4.78 is 13.4. The van der Waals surface area contributed by atoms with Gasteiger partial charge in [-0.05, 0) is 29.8 Å². The van der Waals surface area contributed by atoms with Crippen molar-refractivity contribution in [3.63, 3.8) is 0 Å². The molecule has 0 heterocycles. The van der Waals surface area contributed by atoms with Crippen molar-refractivity contribution in [2.45, 2.75) is 6.54 Å². The van der Waals surface area contributed by atoms with Crippen LogP contribution in [0.2, 0.25) is 0 Å². The Morgan fingerprint density at radius 2 is 2.05 bits per heavy atom. The first-order valence-electron chi connectivity index (χ1n) is 5.86.